The molecule has 7 nitrogen and oxygen atoms in total. The number of hydrogen-bond donors (Lipinski definition) is 3. The molecule has 0 unspecified atom stereocenters. The van der Waals surface area contributed by atoms with Crippen LogP contribution in [0.1, 0.15) is 46.0 Å². The third kappa shape index (κ3) is 9.18. The van der Waals surface area contributed by atoms with Crippen molar-refractivity contribution in [2.75, 3.05) is 13.1 Å². The van der Waals surface area contributed by atoms with Crippen LogP contribution < -0.4 is 15.7 Å². The van der Waals surface area contributed by atoms with Crippen LogP contribution in [0, 0.1) is 0 Å². The summed E-state index contributed by atoms with van der Waals surface area (Å²) in [6.45, 7) is 5.99. The number of carbonyl (C=O) groups is 2. The van der Waals surface area contributed by atoms with Gasteiger partial charge in [0.15, 0.2) is 5.97 Å². The van der Waals surface area contributed by atoms with Gasteiger partial charge in [-0.2, -0.15) is 0 Å². The summed E-state index contributed by atoms with van der Waals surface area (Å²) in [4.78, 5) is 18.0. The molecule has 0 spiro atoms. The Hall–Kier alpha value is -1.79. The number of nitrogens with one attached hydrogen (secondary N) is 2. The fraction of sp³-hybridized carbons (Fsp3) is 0.769. The summed E-state index contributed by atoms with van der Waals surface area (Å²) in [7, 11) is 0. The lowest BCUT2D eigenvalue weighted by Gasteiger charge is -2.10. The monoisotopic (exact) mass is 288 g/mol. The van der Waals surface area contributed by atoms with E-state index in [2.05, 4.69) is 24.5 Å². The van der Waals surface area contributed by atoms with Gasteiger partial charge in [-0.25, -0.2) is 9.22 Å². The molecule has 3 N–H and O–H groups in total. The predicted octanol–water partition coefficient (Wildman–Crippen LogP) is 0.0147. The van der Waals surface area contributed by atoms with Crippen molar-refractivity contribution in [2.24, 2.45) is 0 Å². The summed E-state index contributed by atoms with van der Waals surface area (Å²) in [5, 5.41) is 22.7. The number of carboxylic acids is 2. The molecular weight excluding hydrogens is 264 g/mol. The highest BCUT2D eigenvalue weighted by Crippen LogP contribution is 2.22. The number of carbonyl (C=O) groups excluding carboxylic acids is 2. The highest BCUT2D eigenvalue weighted by atomic mass is 16.4. The summed E-state index contributed by atoms with van der Waals surface area (Å²) in [5.74, 6) is -4.01. The van der Waals surface area contributed by atoms with Gasteiger partial charge in [0.2, 0.25) is 0 Å². The maximum absolute atomic E-state index is 9.04. The Labute approximate surface area is 119 Å². The zero-order valence-electron chi connectivity index (χ0n) is 12.1. The molecular formula is C13H24N2O5. The second-order valence-electron chi connectivity index (χ2n) is 4.36. The molecule has 7 heteroatoms. The van der Waals surface area contributed by atoms with Crippen molar-refractivity contribution in [1.29, 1.82) is 0 Å². The van der Waals surface area contributed by atoms with E-state index in [1.807, 2.05) is 0 Å². The van der Waals surface area contributed by atoms with E-state index in [4.69, 9.17) is 24.2 Å². The van der Waals surface area contributed by atoms with E-state index in [0.717, 1.165) is 19.1 Å². The van der Waals surface area contributed by atoms with E-state index >= 15 is 0 Å². The maximum atomic E-state index is 9.04. The first-order valence-corrected chi connectivity index (χ1v) is 6.96. The van der Waals surface area contributed by atoms with E-state index < -0.39 is 11.9 Å². The average molecular weight is 288 g/mol. The highest BCUT2D eigenvalue weighted by Gasteiger charge is 2.23. The Morgan fingerprint density at radius 2 is 1.60 bits per heavy atom. The van der Waals surface area contributed by atoms with Gasteiger partial charge in [-0.3, -0.25) is 10.6 Å². The third-order valence-electron chi connectivity index (χ3n) is 2.69. The Kier molecular flexibility index (Phi) is 10.1. The maximum Gasteiger partial charge on any atom is 0.500 e. The standard InChI is InChI=1S/C11H23N2O.C2H2O4/c1-3-12-11(13-4-2)14-10-8-6-5-7-9-10;3-1(4)2(5)6/h10,12-13H,3-9H2,1-2H3;(H,3,4)(H,5,6)/q+1;/p-1. The van der Waals surface area contributed by atoms with Gasteiger partial charge in [0.25, 0.3) is 6.10 Å². The van der Waals surface area contributed by atoms with Crippen molar-refractivity contribution < 1.29 is 24.2 Å². The Morgan fingerprint density at radius 1 is 1.15 bits per heavy atom. The van der Waals surface area contributed by atoms with Crippen LogP contribution in [0.3, 0.4) is 0 Å². The molecule has 0 saturated heterocycles. The molecule has 0 atom stereocenters. The van der Waals surface area contributed by atoms with E-state index in [1.165, 1.54) is 32.1 Å². The summed E-state index contributed by atoms with van der Waals surface area (Å²) < 4.78 is 5.87. The molecule has 0 aliphatic heterocycles. The van der Waals surface area contributed by atoms with Crippen LogP contribution in [0.5, 0.6) is 0 Å². The Bertz CT molecular complexity index is 305. The smallest absolute Gasteiger partial charge is 0.500 e. The van der Waals surface area contributed by atoms with E-state index in [1.54, 1.807) is 0 Å². The van der Waals surface area contributed by atoms with Gasteiger partial charge in [-0.15, -0.1) is 0 Å². The van der Waals surface area contributed by atoms with Crippen LogP contribution in [0.25, 0.3) is 0 Å². The predicted molar refractivity (Wildman–Crippen MR) is 72.3 cm³/mol. The lowest BCUT2D eigenvalue weighted by Crippen LogP contribution is -2.37. The molecule has 0 aromatic heterocycles. The zero-order valence-corrected chi connectivity index (χ0v) is 12.1. The molecule has 20 heavy (non-hydrogen) atoms. The normalized spacial score (nSPS) is 14.5. The topological polar surface area (TPSA) is 113 Å². The molecule has 2 amide bonds. The highest BCUT2D eigenvalue weighted by molar-refractivity contribution is 6.26. The van der Waals surface area contributed by atoms with Gasteiger partial charge in [-0.05, 0) is 26.7 Å². The summed E-state index contributed by atoms with van der Waals surface area (Å²) in [6, 6.07) is 0.863. The van der Waals surface area contributed by atoms with Gasteiger partial charge in [0.1, 0.15) is 0 Å². The van der Waals surface area contributed by atoms with Crippen molar-refractivity contribution in [1.82, 2.24) is 10.6 Å². The molecule has 0 aromatic rings. The lowest BCUT2D eigenvalue weighted by atomic mass is 9.98. The first kappa shape index (κ1) is 18.2. The van der Waals surface area contributed by atoms with E-state index in [0.29, 0.717) is 6.10 Å². The van der Waals surface area contributed by atoms with Crippen molar-refractivity contribution in [3.05, 3.63) is 0 Å². The number of aliphatic carboxylic acids is 2. The second-order valence-corrected chi connectivity index (χ2v) is 4.36. The SMILES string of the molecule is CCNC(NCC)=[O+]C1CCCCC1.O=C([O-])C(=O)O. The van der Waals surface area contributed by atoms with Gasteiger partial charge in [0.05, 0.1) is 0 Å². The average Bonchev–Trinajstić information content (AvgIpc) is 2.41. The summed E-state index contributed by atoms with van der Waals surface area (Å²) in [5.41, 5.74) is 0. The van der Waals surface area contributed by atoms with Crippen molar-refractivity contribution in [2.45, 2.75) is 52.1 Å². The van der Waals surface area contributed by atoms with Gasteiger partial charge in [-0.1, -0.05) is 6.42 Å². The van der Waals surface area contributed by atoms with Crippen LogP contribution in [0.2, 0.25) is 0 Å². The molecule has 0 radical (unpaired) electrons. The molecule has 1 saturated carbocycles. The van der Waals surface area contributed by atoms with Crippen LogP contribution in [0.15, 0.2) is 0 Å². The summed E-state index contributed by atoms with van der Waals surface area (Å²) in [6.07, 6.45) is 6.85. The third-order valence-corrected chi connectivity index (χ3v) is 2.69. The van der Waals surface area contributed by atoms with Gasteiger partial charge < -0.3 is 15.0 Å². The van der Waals surface area contributed by atoms with Crippen LogP contribution in [-0.2, 0) is 9.59 Å². The molecule has 1 aliphatic carbocycles. The quantitative estimate of drug-likeness (QED) is 0.501. The fourth-order valence-electron chi connectivity index (χ4n) is 1.82. The van der Waals surface area contributed by atoms with Crippen molar-refractivity contribution >= 4 is 18.0 Å². The Morgan fingerprint density at radius 3 is 1.95 bits per heavy atom. The summed E-state index contributed by atoms with van der Waals surface area (Å²) >= 11 is 0. The number of urea groups is 1. The minimum absolute atomic E-state index is 0.428. The fourth-order valence-corrected chi connectivity index (χ4v) is 1.82. The second kappa shape index (κ2) is 11.1. The van der Waals surface area contributed by atoms with Crippen molar-refractivity contribution in [3.8, 4) is 0 Å². The van der Waals surface area contributed by atoms with Gasteiger partial charge >= 0.3 is 12.0 Å². The van der Waals surface area contributed by atoms with Crippen LogP contribution >= 0.6 is 0 Å². The van der Waals surface area contributed by atoms with Crippen LogP contribution in [0.4, 0.5) is 4.42 Å². The number of hydrogen-bond acceptors (Lipinski definition) is 3. The van der Waals surface area contributed by atoms with Crippen LogP contribution in [-0.4, -0.2) is 42.3 Å². The molecule has 0 bridgehead atoms. The van der Waals surface area contributed by atoms with E-state index in [-0.39, 0.29) is 0 Å². The lowest BCUT2D eigenvalue weighted by molar-refractivity contribution is -0.303. The number of carboxylic acid groups (broad SMARTS) is 2. The first-order chi connectivity index (χ1) is 9.51. The Balaban J connectivity index is 0.000000511. The largest absolute Gasteiger partial charge is 0.539 e. The molecule has 1 rings (SSSR count). The molecule has 0 aromatic carbocycles. The van der Waals surface area contributed by atoms with Gasteiger partial charge in [0, 0.05) is 25.9 Å². The number of rotatable bonds is 3. The molecule has 1 fully saturated rings. The van der Waals surface area contributed by atoms with E-state index in [9.17, 15) is 0 Å². The minimum atomic E-state index is -2.07. The molecule has 0 heterocycles. The minimum Gasteiger partial charge on any atom is -0.539 e. The van der Waals surface area contributed by atoms with Crippen molar-refractivity contribution in [3.63, 3.8) is 0 Å². The zero-order chi connectivity index (χ0) is 15.4. The first-order valence-electron chi connectivity index (χ1n) is 6.96. The molecule has 1 aliphatic rings. The number of amides is 2. The molecule has 116 valence electrons.